The maximum Gasteiger partial charge on any atom is 0.235 e. The second-order valence-corrected chi connectivity index (χ2v) is 7.62. The molecule has 0 spiro atoms. The van der Waals surface area contributed by atoms with Crippen molar-refractivity contribution < 1.29 is 0 Å². The standard InChI is InChI=1S/C15H16N6S2/c1-9(2)6-11-7-12(20(3)18-11)14-19-21-13(10-4-5-22-8-10)16-17-15(21)23-14/h4-5,7-9H,6H2,1-3H3. The first-order valence-electron chi connectivity index (χ1n) is 7.40. The molecular weight excluding hydrogens is 328 g/mol. The van der Waals surface area contributed by atoms with Gasteiger partial charge in [-0.15, -0.1) is 10.2 Å². The molecule has 0 bridgehead atoms. The van der Waals surface area contributed by atoms with Gasteiger partial charge in [-0.05, 0) is 29.9 Å². The Labute approximate surface area is 141 Å². The molecule has 0 N–H and O–H groups in total. The summed E-state index contributed by atoms with van der Waals surface area (Å²) >= 11 is 3.18. The summed E-state index contributed by atoms with van der Waals surface area (Å²) in [5.41, 5.74) is 3.17. The summed E-state index contributed by atoms with van der Waals surface area (Å²) in [6, 6.07) is 4.15. The van der Waals surface area contributed by atoms with Crippen LogP contribution in [0.4, 0.5) is 0 Å². The van der Waals surface area contributed by atoms with Crippen molar-refractivity contribution in [3.05, 3.63) is 28.6 Å². The van der Waals surface area contributed by atoms with Crippen LogP contribution in [0.3, 0.4) is 0 Å². The van der Waals surface area contributed by atoms with Crippen molar-refractivity contribution in [3.63, 3.8) is 0 Å². The highest BCUT2D eigenvalue weighted by Crippen LogP contribution is 2.29. The Kier molecular flexibility index (Phi) is 3.50. The molecule has 8 heteroatoms. The van der Waals surface area contributed by atoms with Gasteiger partial charge in [-0.1, -0.05) is 25.2 Å². The van der Waals surface area contributed by atoms with Crippen LogP contribution in [0.1, 0.15) is 19.5 Å². The molecule has 4 heterocycles. The third-order valence-corrected chi connectivity index (χ3v) is 5.14. The molecule has 4 aromatic rings. The molecule has 23 heavy (non-hydrogen) atoms. The Bertz CT molecular complexity index is 944. The van der Waals surface area contributed by atoms with E-state index in [2.05, 4.69) is 40.6 Å². The summed E-state index contributed by atoms with van der Waals surface area (Å²) in [5.74, 6) is 1.37. The van der Waals surface area contributed by atoms with Crippen LogP contribution in [0.5, 0.6) is 0 Å². The van der Waals surface area contributed by atoms with E-state index in [-0.39, 0.29) is 0 Å². The van der Waals surface area contributed by atoms with E-state index in [0.29, 0.717) is 5.92 Å². The number of hydrogen-bond acceptors (Lipinski definition) is 6. The number of rotatable bonds is 4. The summed E-state index contributed by atoms with van der Waals surface area (Å²) in [5, 5.41) is 22.8. The predicted molar refractivity (Wildman–Crippen MR) is 92.7 cm³/mol. The topological polar surface area (TPSA) is 60.9 Å². The van der Waals surface area contributed by atoms with Crippen molar-refractivity contribution in [3.8, 4) is 22.1 Å². The number of nitrogens with zero attached hydrogens (tertiary/aromatic N) is 6. The molecule has 0 saturated carbocycles. The summed E-state index contributed by atoms with van der Waals surface area (Å²) in [6.45, 7) is 4.40. The quantitative estimate of drug-likeness (QED) is 0.568. The average molecular weight is 344 g/mol. The normalized spacial score (nSPS) is 11.8. The second-order valence-electron chi connectivity index (χ2n) is 5.88. The molecule has 0 aliphatic heterocycles. The van der Waals surface area contributed by atoms with E-state index in [9.17, 15) is 0 Å². The van der Waals surface area contributed by atoms with Gasteiger partial charge in [0.05, 0.1) is 11.4 Å². The largest absolute Gasteiger partial charge is 0.265 e. The van der Waals surface area contributed by atoms with Crippen molar-refractivity contribution >= 4 is 27.6 Å². The van der Waals surface area contributed by atoms with Crippen LogP contribution < -0.4 is 0 Å². The van der Waals surface area contributed by atoms with Gasteiger partial charge in [-0.3, -0.25) is 4.68 Å². The molecule has 0 saturated heterocycles. The van der Waals surface area contributed by atoms with E-state index in [4.69, 9.17) is 5.10 Å². The van der Waals surface area contributed by atoms with Crippen molar-refractivity contribution in [2.45, 2.75) is 20.3 Å². The first-order chi connectivity index (χ1) is 11.1. The van der Waals surface area contributed by atoms with E-state index in [1.54, 1.807) is 11.3 Å². The van der Waals surface area contributed by atoms with Crippen LogP contribution in [0.15, 0.2) is 22.9 Å². The van der Waals surface area contributed by atoms with E-state index >= 15 is 0 Å². The maximum atomic E-state index is 4.71. The first-order valence-corrected chi connectivity index (χ1v) is 9.16. The Morgan fingerprint density at radius 3 is 2.83 bits per heavy atom. The minimum absolute atomic E-state index is 0.584. The number of hydrogen-bond donors (Lipinski definition) is 0. The SMILES string of the molecule is CC(C)Cc1cc(-c2nn3c(-c4ccsc4)nnc3s2)n(C)n1. The van der Waals surface area contributed by atoms with Crippen LogP contribution in [0.2, 0.25) is 0 Å². The molecule has 0 aliphatic carbocycles. The molecule has 0 aromatic carbocycles. The van der Waals surface area contributed by atoms with E-state index in [1.165, 1.54) is 11.3 Å². The lowest BCUT2D eigenvalue weighted by Crippen LogP contribution is -1.97. The van der Waals surface area contributed by atoms with Gasteiger partial charge >= 0.3 is 0 Å². The average Bonchev–Trinajstić information content (AvgIpc) is 3.20. The molecule has 0 radical (unpaired) electrons. The third-order valence-electron chi connectivity index (χ3n) is 3.54. The van der Waals surface area contributed by atoms with E-state index in [0.717, 1.165) is 39.2 Å². The molecule has 0 aliphatic rings. The third kappa shape index (κ3) is 2.57. The van der Waals surface area contributed by atoms with Crippen LogP contribution in [0.25, 0.3) is 27.1 Å². The molecule has 0 atom stereocenters. The van der Waals surface area contributed by atoms with Crippen LogP contribution in [-0.4, -0.2) is 29.6 Å². The predicted octanol–water partition coefficient (Wildman–Crippen LogP) is 3.51. The fourth-order valence-corrected chi connectivity index (χ4v) is 4.06. The highest BCUT2D eigenvalue weighted by atomic mass is 32.1. The monoisotopic (exact) mass is 344 g/mol. The molecule has 4 aromatic heterocycles. The minimum Gasteiger partial charge on any atom is -0.265 e. The minimum atomic E-state index is 0.584. The van der Waals surface area contributed by atoms with Crippen molar-refractivity contribution in [2.75, 3.05) is 0 Å². The van der Waals surface area contributed by atoms with Gasteiger partial charge in [0.15, 0.2) is 10.8 Å². The zero-order chi connectivity index (χ0) is 16.0. The van der Waals surface area contributed by atoms with Gasteiger partial charge in [-0.25, -0.2) is 0 Å². The summed E-state index contributed by atoms with van der Waals surface area (Å²) in [6.07, 6.45) is 0.970. The smallest absolute Gasteiger partial charge is 0.235 e. The number of aromatic nitrogens is 6. The zero-order valence-electron chi connectivity index (χ0n) is 13.1. The second kappa shape index (κ2) is 5.54. The van der Waals surface area contributed by atoms with Crippen molar-refractivity contribution in [1.29, 1.82) is 0 Å². The van der Waals surface area contributed by atoms with Crippen LogP contribution in [-0.2, 0) is 13.5 Å². The lowest BCUT2D eigenvalue weighted by molar-refractivity contribution is 0.621. The zero-order valence-corrected chi connectivity index (χ0v) is 14.7. The highest BCUT2D eigenvalue weighted by molar-refractivity contribution is 7.19. The van der Waals surface area contributed by atoms with Crippen molar-refractivity contribution in [1.82, 2.24) is 29.6 Å². The molecule has 118 valence electrons. The van der Waals surface area contributed by atoms with Crippen LogP contribution in [0, 0.1) is 5.92 Å². The molecular formula is C15H16N6S2. The number of thiophene rings is 1. The van der Waals surface area contributed by atoms with Gasteiger partial charge in [0, 0.05) is 18.0 Å². The molecule has 0 amide bonds. The fourth-order valence-electron chi connectivity index (χ4n) is 2.54. The lowest BCUT2D eigenvalue weighted by atomic mass is 10.1. The molecule has 0 unspecified atom stereocenters. The molecule has 4 rings (SSSR count). The summed E-state index contributed by atoms with van der Waals surface area (Å²) in [4.78, 5) is 0.799. The molecule has 0 fully saturated rings. The number of fused-ring (bicyclic) bond motifs is 1. The van der Waals surface area contributed by atoms with Crippen molar-refractivity contribution in [2.24, 2.45) is 13.0 Å². The Hall–Kier alpha value is -2.06. The van der Waals surface area contributed by atoms with Gasteiger partial charge in [-0.2, -0.15) is 26.0 Å². The van der Waals surface area contributed by atoms with E-state index in [1.807, 2.05) is 27.7 Å². The first kappa shape index (κ1) is 14.5. The lowest BCUT2D eigenvalue weighted by Gasteiger charge is -1.98. The van der Waals surface area contributed by atoms with Gasteiger partial charge < -0.3 is 0 Å². The Morgan fingerprint density at radius 2 is 2.09 bits per heavy atom. The van der Waals surface area contributed by atoms with Gasteiger partial charge in [0.2, 0.25) is 4.96 Å². The molecule has 6 nitrogen and oxygen atoms in total. The summed E-state index contributed by atoms with van der Waals surface area (Å²) < 4.78 is 3.71. The Morgan fingerprint density at radius 1 is 1.22 bits per heavy atom. The van der Waals surface area contributed by atoms with Gasteiger partial charge in [0.25, 0.3) is 0 Å². The van der Waals surface area contributed by atoms with E-state index < -0.39 is 0 Å². The fraction of sp³-hybridized carbons (Fsp3) is 0.333. The van der Waals surface area contributed by atoms with Crippen LogP contribution >= 0.6 is 22.7 Å². The Balaban J connectivity index is 1.77. The van der Waals surface area contributed by atoms with Gasteiger partial charge in [0.1, 0.15) is 0 Å². The maximum absolute atomic E-state index is 4.71. The summed E-state index contributed by atoms with van der Waals surface area (Å²) in [7, 11) is 1.96. The number of aryl methyl sites for hydroxylation is 1. The highest BCUT2D eigenvalue weighted by Gasteiger charge is 2.17.